The van der Waals surface area contributed by atoms with Crippen LogP contribution >= 0.6 is 0 Å². The zero-order valence-corrected chi connectivity index (χ0v) is 12.1. The number of nitrogens with zero attached hydrogens (tertiary/aromatic N) is 3. The fourth-order valence-electron chi connectivity index (χ4n) is 2.13. The number of aliphatic hydroxyl groups excluding tert-OH is 1. The maximum Gasteiger partial charge on any atom is 0.0858 e. The lowest BCUT2D eigenvalue weighted by molar-refractivity contribution is 0.127. The summed E-state index contributed by atoms with van der Waals surface area (Å²) in [6.45, 7) is 5.22. The average molecular weight is 274 g/mol. The van der Waals surface area contributed by atoms with Crippen LogP contribution in [-0.2, 0) is 0 Å². The lowest BCUT2D eigenvalue weighted by Gasteiger charge is -2.30. The van der Waals surface area contributed by atoms with Crippen molar-refractivity contribution in [3.63, 3.8) is 0 Å². The Hall–Kier alpha value is -1.88. The fourth-order valence-corrected chi connectivity index (χ4v) is 2.13. The lowest BCUT2D eigenvalue weighted by Crippen LogP contribution is -2.32. The van der Waals surface area contributed by atoms with Crippen molar-refractivity contribution >= 4 is 5.69 Å². The zero-order chi connectivity index (χ0) is 14.4. The van der Waals surface area contributed by atoms with Crippen LogP contribution in [0.3, 0.4) is 0 Å². The Morgan fingerprint density at radius 1 is 1.10 bits per heavy atom. The van der Waals surface area contributed by atoms with Gasteiger partial charge in [0.05, 0.1) is 24.7 Å². The highest BCUT2D eigenvalue weighted by atomic mass is 16.3. The van der Waals surface area contributed by atoms with Gasteiger partial charge in [-0.3, -0.25) is 0 Å². The molecule has 2 N–H and O–H groups in total. The Kier molecular flexibility index (Phi) is 4.74. The molecule has 0 bridgehead atoms. The van der Waals surface area contributed by atoms with Gasteiger partial charge in [-0.25, -0.2) is 0 Å². The number of hydrogen-bond acceptors (Lipinski definition) is 4. The first-order valence-electron chi connectivity index (χ1n) is 7.04. The molecule has 108 valence electrons. The van der Waals surface area contributed by atoms with Gasteiger partial charge in [0.2, 0.25) is 0 Å². The summed E-state index contributed by atoms with van der Waals surface area (Å²) < 4.78 is 0. The Morgan fingerprint density at radius 3 is 2.20 bits per heavy atom. The van der Waals surface area contributed by atoms with Crippen LogP contribution in [0.15, 0.2) is 36.7 Å². The van der Waals surface area contributed by atoms with E-state index < -0.39 is 0 Å². The number of benzene rings is 1. The van der Waals surface area contributed by atoms with Crippen molar-refractivity contribution in [2.75, 3.05) is 18.5 Å². The molecule has 0 spiro atoms. The number of nitrogens with one attached hydrogen (secondary N) is 1. The largest absolute Gasteiger partial charge is 0.396 e. The topological polar surface area (TPSA) is 63.0 Å². The Bertz CT molecular complexity index is 495. The van der Waals surface area contributed by atoms with Crippen molar-refractivity contribution in [2.24, 2.45) is 5.41 Å². The van der Waals surface area contributed by atoms with Gasteiger partial charge in [0.15, 0.2) is 0 Å². The van der Waals surface area contributed by atoms with Crippen molar-refractivity contribution in [1.82, 2.24) is 15.0 Å². The normalized spacial score (nSPS) is 11.6. The smallest absolute Gasteiger partial charge is 0.0858 e. The van der Waals surface area contributed by atoms with E-state index in [0.717, 1.165) is 30.8 Å². The van der Waals surface area contributed by atoms with E-state index in [9.17, 15) is 5.11 Å². The van der Waals surface area contributed by atoms with Gasteiger partial charge in [-0.05, 0) is 37.1 Å². The van der Waals surface area contributed by atoms with Gasteiger partial charge >= 0.3 is 0 Å². The number of rotatable bonds is 7. The first-order valence-corrected chi connectivity index (χ1v) is 7.04. The molecule has 0 atom stereocenters. The van der Waals surface area contributed by atoms with Crippen molar-refractivity contribution in [3.8, 4) is 5.69 Å². The molecule has 0 aliphatic rings. The van der Waals surface area contributed by atoms with Crippen molar-refractivity contribution in [2.45, 2.75) is 26.7 Å². The van der Waals surface area contributed by atoms with E-state index in [1.54, 1.807) is 17.2 Å². The molecule has 5 nitrogen and oxygen atoms in total. The maximum atomic E-state index is 9.56. The first kappa shape index (κ1) is 14.5. The molecule has 0 saturated heterocycles. The third-order valence-electron chi connectivity index (χ3n) is 4.02. The number of hydrogen-bond donors (Lipinski definition) is 2. The second-order valence-corrected chi connectivity index (χ2v) is 5.08. The van der Waals surface area contributed by atoms with Gasteiger partial charge in [-0.1, -0.05) is 13.8 Å². The predicted molar refractivity (Wildman–Crippen MR) is 79.9 cm³/mol. The zero-order valence-electron chi connectivity index (χ0n) is 12.1. The summed E-state index contributed by atoms with van der Waals surface area (Å²) in [4.78, 5) is 1.58. The third kappa shape index (κ3) is 3.17. The van der Waals surface area contributed by atoms with Crippen LogP contribution in [-0.4, -0.2) is 33.3 Å². The highest BCUT2D eigenvalue weighted by Gasteiger charge is 2.24. The van der Waals surface area contributed by atoms with E-state index in [1.165, 1.54) is 0 Å². The summed E-state index contributed by atoms with van der Waals surface area (Å²) in [5.74, 6) is 0. The quantitative estimate of drug-likeness (QED) is 0.814. The molecular formula is C15H22N4O. The summed E-state index contributed by atoms with van der Waals surface area (Å²) in [5.41, 5.74) is 1.93. The van der Waals surface area contributed by atoms with E-state index in [4.69, 9.17) is 0 Å². The minimum absolute atomic E-state index is 0.0395. The van der Waals surface area contributed by atoms with Gasteiger partial charge in [-0.15, -0.1) is 0 Å². The molecular weight excluding hydrogens is 252 g/mol. The van der Waals surface area contributed by atoms with Crippen LogP contribution in [0.2, 0.25) is 0 Å². The molecule has 2 rings (SSSR count). The summed E-state index contributed by atoms with van der Waals surface area (Å²) in [7, 11) is 0. The highest BCUT2D eigenvalue weighted by Crippen LogP contribution is 2.26. The maximum absolute atomic E-state index is 9.56. The summed E-state index contributed by atoms with van der Waals surface area (Å²) in [5, 5.41) is 21.2. The molecule has 2 aromatic rings. The highest BCUT2D eigenvalue weighted by molar-refractivity contribution is 5.48. The molecule has 0 aliphatic carbocycles. The molecule has 1 aromatic carbocycles. The second kappa shape index (κ2) is 6.52. The van der Waals surface area contributed by atoms with E-state index >= 15 is 0 Å². The first-order chi connectivity index (χ1) is 9.73. The van der Waals surface area contributed by atoms with Gasteiger partial charge in [-0.2, -0.15) is 15.0 Å². The van der Waals surface area contributed by atoms with Crippen molar-refractivity contribution < 1.29 is 5.11 Å². The summed E-state index contributed by atoms with van der Waals surface area (Å²) >= 11 is 0. The summed E-state index contributed by atoms with van der Waals surface area (Å²) in [6.07, 6.45) is 5.24. The minimum atomic E-state index is -0.0395. The third-order valence-corrected chi connectivity index (χ3v) is 4.02. The summed E-state index contributed by atoms with van der Waals surface area (Å²) in [6, 6.07) is 7.96. The second-order valence-electron chi connectivity index (χ2n) is 5.08. The Balaban J connectivity index is 2.01. The molecule has 5 heteroatoms. The van der Waals surface area contributed by atoms with E-state index in [0.29, 0.717) is 0 Å². The molecule has 0 unspecified atom stereocenters. The molecule has 1 aromatic heterocycles. The minimum Gasteiger partial charge on any atom is -0.396 e. The van der Waals surface area contributed by atoms with Crippen LogP contribution in [0.25, 0.3) is 5.69 Å². The molecule has 0 aliphatic heterocycles. The van der Waals surface area contributed by atoms with E-state index in [2.05, 4.69) is 29.4 Å². The SMILES string of the molecule is CCC(CC)(CO)CNc1ccc(-n2nccn2)cc1. The number of anilines is 1. The molecule has 0 radical (unpaired) electrons. The van der Waals surface area contributed by atoms with Gasteiger partial charge in [0.1, 0.15) is 0 Å². The van der Waals surface area contributed by atoms with Crippen LogP contribution in [0.4, 0.5) is 5.69 Å². The fraction of sp³-hybridized carbons (Fsp3) is 0.467. The van der Waals surface area contributed by atoms with Gasteiger partial charge in [0, 0.05) is 17.6 Å². The van der Waals surface area contributed by atoms with E-state index in [1.807, 2.05) is 24.3 Å². The Labute approximate surface area is 119 Å². The lowest BCUT2D eigenvalue weighted by atomic mass is 9.83. The molecule has 0 amide bonds. The Morgan fingerprint density at radius 2 is 1.70 bits per heavy atom. The van der Waals surface area contributed by atoms with Crippen LogP contribution in [0, 0.1) is 5.41 Å². The number of aliphatic hydroxyl groups is 1. The molecule has 0 fully saturated rings. The predicted octanol–water partition coefficient (Wildman–Crippen LogP) is 2.48. The van der Waals surface area contributed by atoms with Crippen molar-refractivity contribution in [3.05, 3.63) is 36.7 Å². The standard InChI is InChI=1S/C15H22N4O/c1-3-15(4-2,12-20)11-16-13-5-7-14(8-6-13)19-17-9-10-18-19/h5-10,16,20H,3-4,11-12H2,1-2H3. The van der Waals surface area contributed by atoms with Crippen LogP contribution in [0.5, 0.6) is 0 Å². The monoisotopic (exact) mass is 274 g/mol. The van der Waals surface area contributed by atoms with Crippen LogP contribution < -0.4 is 5.32 Å². The average Bonchev–Trinajstić information content (AvgIpc) is 3.04. The molecule has 20 heavy (non-hydrogen) atoms. The molecule has 1 heterocycles. The van der Waals surface area contributed by atoms with Crippen LogP contribution in [0.1, 0.15) is 26.7 Å². The van der Waals surface area contributed by atoms with Crippen molar-refractivity contribution in [1.29, 1.82) is 0 Å². The van der Waals surface area contributed by atoms with E-state index in [-0.39, 0.29) is 12.0 Å². The van der Waals surface area contributed by atoms with Gasteiger partial charge in [0.25, 0.3) is 0 Å². The number of aromatic nitrogens is 3. The van der Waals surface area contributed by atoms with Gasteiger partial charge < -0.3 is 10.4 Å². The molecule has 0 saturated carbocycles.